The van der Waals surface area contributed by atoms with Crippen LogP contribution in [0.3, 0.4) is 0 Å². The first-order valence-electron chi connectivity index (χ1n) is 3.75. The van der Waals surface area contributed by atoms with Gasteiger partial charge < -0.3 is 4.74 Å². The van der Waals surface area contributed by atoms with Gasteiger partial charge in [-0.2, -0.15) is 0 Å². The Labute approximate surface area is 87.6 Å². The van der Waals surface area contributed by atoms with Crippen molar-refractivity contribution in [2.24, 2.45) is 0 Å². The molecule has 0 aliphatic heterocycles. The maximum absolute atomic E-state index is 12.6. The summed E-state index contributed by atoms with van der Waals surface area (Å²) in [4.78, 5) is 11.0. The first kappa shape index (κ1) is 9.36. The Balaban J connectivity index is 2.14. The third kappa shape index (κ3) is 2.00. The van der Waals surface area contributed by atoms with E-state index in [9.17, 15) is 9.18 Å². The second kappa shape index (κ2) is 3.89. The van der Waals surface area contributed by atoms with Gasteiger partial charge in [-0.15, -0.1) is 11.3 Å². The van der Waals surface area contributed by atoms with E-state index in [0.717, 1.165) is 6.29 Å². The second-order valence-corrected chi connectivity index (χ2v) is 4.41. The summed E-state index contributed by atoms with van der Waals surface area (Å²) in [5.41, 5.74) is 0. The van der Waals surface area contributed by atoms with E-state index in [1.165, 1.54) is 34.1 Å². The smallest absolute Gasteiger partial charge is 0.185 e. The Morgan fingerprint density at radius 1 is 1.36 bits per heavy atom. The third-order valence-electron chi connectivity index (χ3n) is 1.46. The highest BCUT2D eigenvalue weighted by Gasteiger charge is 2.04. The maximum atomic E-state index is 12.6. The fourth-order valence-corrected chi connectivity index (χ4v) is 2.25. The van der Waals surface area contributed by atoms with Gasteiger partial charge in [0.15, 0.2) is 16.4 Å². The summed E-state index contributed by atoms with van der Waals surface area (Å²) < 4.78 is 17.9. The van der Waals surface area contributed by atoms with Crippen LogP contribution in [-0.2, 0) is 0 Å². The standard InChI is InChI=1S/C9H5FO2S2/c10-6-3-9(13-5-6)12-8-2-1-7(4-11)14-8/h1-5H. The lowest BCUT2D eigenvalue weighted by atomic mass is 10.5. The van der Waals surface area contributed by atoms with E-state index in [1.54, 1.807) is 12.1 Å². The molecule has 2 aromatic rings. The zero-order valence-corrected chi connectivity index (χ0v) is 8.53. The SMILES string of the molecule is O=Cc1ccc(Oc2cc(F)cs2)s1. The summed E-state index contributed by atoms with van der Waals surface area (Å²) in [5, 5.41) is 2.44. The van der Waals surface area contributed by atoms with Gasteiger partial charge in [-0.3, -0.25) is 4.79 Å². The third-order valence-corrected chi connectivity index (χ3v) is 3.13. The number of ether oxygens (including phenoxy) is 1. The van der Waals surface area contributed by atoms with Crippen molar-refractivity contribution in [3.8, 4) is 10.1 Å². The summed E-state index contributed by atoms with van der Waals surface area (Å²) in [5.74, 6) is -0.308. The molecule has 0 amide bonds. The molecular weight excluding hydrogens is 223 g/mol. The molecular formula is C9H5FO2S2. The molecule has 14 heavy (non-hydrogen) atoms. The Kier molecular flexibility index (Phi) is 2.60. The van der Waals surface area contributed by atoms with Crippen LogP contribution < -0.4 is 4.74 Å². The zero-order valence-electron chi connectivity index (χ0n) is 6.90. The van der Waals surface area contributed by atoms with Crippen molar-refractivity contribution in [1.82, 2.24) is 0 Å². The van der Waals surface area contributed by atoms with Crippen molar-refractivity contribution in [3.63, 3.8) is 0 Å². The van der Waals surface area contributed by atoms with Gasteiger partial charge >= 0.3 is 0 Å². The lowest BCUT2D eigenvalue weighted by Gasteiger charge is -1.95. The molecule has 0 saturated carbocycles. The Morgan fingerprint density at radius 2 is 2.21 bits per heavy atom. The van der Waals surface area contributed by atoms with E-state index in [0.29, 0.717) is 15.0 Å². The molecule has 2 nitrogen and oxygen atoms in total. The highest BCUT2D eigenvalue weighted by molar-refractivity contribution is 7.15. The van der Waals surface area contributed by atoms with Crippen LogP contribution in [0, 0.1) is 5.82 Å². The minimum atomic E-state index is -0.308. The number of carbonyl (C=O) groups is 1. The van der Waals surface area contributed by atoms with Crippen LogP contribution in [0.1, 0.15) is 9.67 Å². The minimum absolute atomic E-state index is 0.308. The monoisotopic (exact) mass is 228 g/mol. The summed E-state index contributed by atoms with van der Waals surface area (Å²) in [6.07, 6.45) is 0.756. The van der Waals surface area contributed by atoms with Gasteiger partial charge in [0.2, 0.25) is 0 Å². The summed E-state index contributed by atoms with van der Waals surface area (Å²) in [7, 11) is 0. The van der Waals surface area contributed by atoms with E-state index < -0.39 is 0 Å². The van der Waals surface area contributed by atoms with E-state index in [4.69, 9.17) is 4.74 Å². The number of hydrogen-bond donors (Lipinski definition) is 0. The van der Waals surface area contributed by atoms with E-state index in [1.807, 2.05) is 0 Å². The van der Waals surface area contributed by atoms with Crippen LogP contribution in [0.4, 0.5) is 4.39 Å². The number of thiophene rings is 2. The van der Waals surface area contributed by atoms with Gasteiger partial charge in [-0.1, -0.05) is 11.3 Å². The maximum Gasteiger partial charge on any atom is 0.185 e. The van der Waals surface area contributed by atoms with Gasteiger partial charge in [-0.05, 0) is 12.1 Å². The van der Waals surface area contributed by atoms with E-state index in [-0.39, 0.29) is 5.82 Å². The molecule has 0 aliphatic carbocycles. The van der Waals surface area contributed by atoms with Crippen molar-refractivity contribution in [3.05, 3.63) is 34.3 Å². The molecule has 0 atom stereocenters. The van der Waals surface area contributed by atoms with Crippen LogP contribution in [0.2, 0.25) is 0 Å². The van der Waals surface area contributed by atoms with Crippen LogP contribution in [-0.4, -0.2) is 6.29 Å². The fraction of sp³-hybridized carbons (Fsp3) is 0. The van der Waals surface area contributed by atoms with Gasteiger partial charge in [0.05, 0.1) is 4.88 Å². The molecule has 2 rings (SSSR count). The number of carbonyl (C=O) groups excluding carboxylic acids is 1. The predicted octanol–water partition coefficient (Wildman–Crippen LogP) is 3.55. The highest BCUT2D eigenvalue weighted by atomic mass is 32.1. The number of halogens is 1. The van der Waals surface area contributed by atoms with Crippen LogP contribution in [0.15, 0.2) is 23.6 Å². The largest absolute Gasteiger partial charge is 0.436 e. The molecule has 5 heteroatoms. The van der Waals surface area contributed by atoms with Gasteiger partial charge in [0.25, 0.3) is 0 Å². The molecule has 2 aromatic heterocycles. The Bertz CT molecular complexity index is 447. The van der Waals surface area contributed by atoms with Crippen molar-refractivity contribution >= 4 is 29.0 Å². The molecule has 0 N–H and O–H groups in total. The summed E-state index contributed by atoms with van der Waals surface area (Å²) in [6.45, 7) is 0. The topological polar surface area (TPSA) is 26.3 Å². The molecule has 0 aliphatic rings. The quantitative estimate of drug-likeness (QED) is 0.751. The Morgan fingerprint density at radius 3 is 2.79 bits per heavy atom. The van der Waals surface area contributed by atoms with Crippen molar-refractivity contribution in [1.29, 1.82) is 0 Å². The van der Waals surface area contributed by atoms with Crippen LogP contribution >= 0.6 is 22.7 Å². The van der Waals surface area contributed by atoms with E-state index >= 15 is 0 Å². The lowest BCUT2D eigenvalue weighted by Crippen LogP contribution is -1.73. The first-order chi connectivity index (χ1) is 6.78. The van der Waals surface area contributed by atoms with Crippen LogP contribution in [0.5, 0.6) is 10.1 Å². The number of aldehydes is 1. The molecule has 72 valence electrons. The second-order valence-electron chi connectivity index (χ2n) is 2.46. The first-order valence-corrected chi connectivity index (χ1v) is 5.44. The van der Waals surface area contributed by atoms with Crippen LogP contribution in [0.25, 0.3) is 0 Å². The van der Waals surface area contributed by atoms with Crippen molar-refractivity contribution in [2.45, 2.75) is 0 Å². The molecule has 2 heterocycles. The Hall–Kier alpha value is -1.20. The predicted molar refractivity (Wildman–Crippen MR) is 54.1 cm³/mol. The molecule has 0 unspecified atom stereocenters. The van der Waals surface area contributed by atoms with Crippen molar-refractivity contribution in [2.75, 3.05) is 0 Å². The molecule has 0 spiro atoms. The molecule has 0 saturated heterocycles. The average Bonchev–Trinajstić information content (AvgIpc) is 2.76. The van der Waals surface area contributed by atoms with Crippen molar-refractivity contribution < 1.29 is 13.9 Å². The normalized spacial score (nSPS) is 10.1. The number of rotatable bonds is 3. The highest BCUT2D eigenvalue weighted by Crippen LogP contribution is 2.32. The van der Waals surface area contributed by atoms with E-state index in [2.05, 4.69) is 0 Å². The average molecular weight is 228 g/mol. The fourth-order valence-electron chi connectivity index (χ4n) is 0.900. The van der Waals surface area contributed by atoms with Gasteiger partial charge in [0.1, 0.15) is 5.82 Å². The summed E-state index contributed by atoms with van der Waals surface area (Å²) in [6, 6.07) is 4.66. The zero-order chi connectivity index (χ0) is 9.97. The minimum Gasteiger partial charge on any atom is -0.436 e. The molecule has 0 radical (unpaired) electrons. The molecule has 0 aromatic carbocycles. The van der Waals surface area contributed by atoms with Gasteiger partial charge in [0, 0.05) is 11.4 Å². The molecule has 0 bridgehead atoms. The lowest BCUT2D eigenvalue weighted by molar-refractivity contribution is 0.112. The number of hydrogen-bond acceptors (Lipinski definition) is 4. The molecule has 0 fully saturated rings. The summed E-state index contributed by atoms with van der Waals surface area (Å²) >= 11 is 2.41. The van der Waals surface area contributed by atoms with Gasteiger partial charge in [-0.25, -0.2) is 4.39 Å².